The van der Waals surface area contributed by atoms with Gasteiger partial charge in [-0.2, -0.15) is 0 Å². The molecule has 1 aliphatic heterocycles. The highest BCUT2D eigenvalue weighted by molar-refractivity contribution is 5.16. The lowest BCUT2D eigenvalue weighted by atomic mass is 9.57. The van der Waals surface area contributed by atoms with Crippen LogP contribution in [0.2, 0.25) is 0 Å². The van der Waals surface area contributed by atoms with Gasteiger partial charge in [0.15, 0.2) is 0 Å². The number of nitrogens with one attached hydrogen (secondary N) is 1. The van der Waals surface area contributed by atoms with Crippen LogP contribution in [0.15, 0.2) is 0 Å². The fourth-order valence-electron chi connectivity index (χ4n) is 3.90. The van der Waals surface area contributed by atoms with Crippen molar-refractivity contribution < 1.29 is 5.11 Å². The molecule has 1 saturated heterocycles. The lowest BCUT2D eigenvalue weighted by Gasteiger charge is -2.59. The fraction of sp³-hybridized carbons (Fsp3) is 1.00. The van der Waals surface area contributed by atoms with Crippen molar-refractivity contribution in [2.45, 2.75) is 82.0 Å². The molecule has 16 heavy (non-hydrogen) atoms. The van der Waals surface area contributed by atoms with Crippen LogP contribution in [0.5, 0.6) is 0 Å². The molecule has 2 fully saturated rings. The first kappa shape index (κ1) is 12.3. The van der Waals surface area contributed by atoms with E-state index in [9.17, 15) is 5.11 Å². The molecule has 0 aromatic heterocycles. The molecule has 3 nitrogen and oxygen atoms in total. The van der Waals surface area contributed by atoms with Gasteiger partial charge < -0.3 is 16.2 Å². The Morgan fingerprint density at radius 1 is 1.00 bits per heavy atom. The van der Waals surface area contributed by atoms with Crippen LogP contribution in [0.3, 0.4) is 0 Å². The largest absolute Gasteiger partial charge is 0.388 e. The van der Waals surface area contributed by atoms with E-state index >= 15 is 0 Å². The van der Waals surface area contributed by atoms with E-state index in [0.29, 0.717) is 0 Å². The molecule has 1 heterocycles. The van der Waals surface area contributed by atoms with Crippen LogP contribution in [0.25, 0.3) is 0 Å². The van der Waals surface area contributed by atoms with Gasteiger partial charge in [0, 0.05) is 16.6 Å². The van der Waals surface area contributed by atoms with E-state index < -0.39 is 5.60 Å². The molecule has 0 aromatic rings. The fourth-order valence-corrected chi connectivity index (χ4v) is 3.90. The first-order chi connectivity index (χ1) is 7.08. The van der Waals surface area contributed by atoms with E-state index in [1.807, 2.05) is 0 Å². The minimum absolute atomic E-state index is 0.0432. The number of piperidine rings is 1. The second-order valence-electron chi connectivity index (χ2n) is 7.29. The molecule has 0 radical (unpaired) electrons. The number of hydrogen-bond donors (Lipinski definition) is 3. The van der Waals surface area contributed by atoms with Gasteiger partial charge in [-0.25, -0.2) is 0 Å². The maximum absolute atomic E-state index is 11.0. The minimum atomic E-state index is -0.705. The summed E-state index contributed by atoms with van der Waals surface area (Å²) in [6.07, 6.45) is 4.60. The van der Waals surface area contributed by atoms with Crippen molar-refractivity contribution in [1.29, 1.82) is 0 Å². The summed E-state index contributed by atoms with van der Waals surface area (Å²) in [6.45, 7) is 8.61. The van der Waals surface area contributed by atoms with Crippen LogP contribution >= 0.6 is 0 Å². The number of hydrogen-bond acceptors (Lipinski definition) is 3. The Hall–Kier alpha value is -0.120. The van der Waals surface area contributed by atoms with Crippen molar-refractivity contribution in [2.24, 2.45) is 5.73 Å². The third-order valence-electron chi connectivity index (χ3n) is 4.32. The van der Waals surface area contributed by atoms with Gasteiger partial charge in [0.1, 0.15) is 0 Å². The highest BCUT2D eigenvalue weighted by Gasteiger charge is 2.57. The lowest BCUT2D eigenvalue weighted by Crippen LogP contribution is -2.74. The van der Waals surface area contributed by atoms with Crippen molar-refractivity contribution in [3.8, 4) is 0 Å². The number of rotatable bonds is 1. The molecule has 0 amide bonds. The van der Waals surface area contributed by atoms with E-state index in [1.165, 1.54) is 0 Å². The molecule has 0 spiro atoms. The monoisotopic (exact) mass is 226 g/mol. The summed E-state index contributed by atoms with van der Waals surface area (Å²) in [4.78, 5) is 0. The third kappa shape index (κ3) is 1.89. The molecule has 2 aliphatic rings. The third-order valence-corrected chi connectivity index (χ3v) is 4.32. The topological polar surface area (TPSA) is 58.3 Å². The van der Waals surface area contributed by atoms with Crippen molar-refractivity contribution >= 4 is 0 Å². The summed E-state index contributed by atoms with van der Waals surface area (Å²) in [5, 5.41) is 14.5. The SMILES string of the molecule is CC1(C)CC(O)(C2(N)CCC2)CC(C)(C)N1. The Morgan fingerprint density at radius 3 is 1.75 bits per heavy atom. The van der Waals surface area contributed by atoms with Crippen LogP contribution in [0.1, 0.15) is 59.8 Å². The maximum atomic E-state index is 11.0. The summed E-state index contributed by atoms with van der Waals surface area (Å²) < 4.78 is 0. The zero-order chi connectivity index (χ0) is 12.2. The lowest BCUT2D eigenvalue weighted by molar-refractivity contribution is -0.131. The molecule has 94 valence electrons. The molecule has 0 atom stereocenters. The average Bonchev–Trinajstić information content (AvgIpc) is 1.92. The van der Waals surface area contributed by atoms with E-state index in [1.54, 1.807) is 0 Å². The normalized spacial score (nSPS) is 34.1. The number of nitrogens with two attached hydrogens (primary N) is 1. The minimum Gasteiger partial charge on any atom is -0.388 e. The summed E-state index contributed by atoms with van der Waals surface area (Å²) in [5.41, 5.74) is 5.24. The first-order valence-electron chi connectivity index (χ1n) is 6.38. The van der Waals surface area contributed by atoms with Crippen LogP contribution in [-0.2, 0) is 0 Å². The Morgan fingerprint density at radius 2 is 1.44 bits per heavy atom. The van der Waals surface area contributed by atoms with Crippen molar-refractivity contribution in [3.63, 3.8) is 0 Å². The summed E-state index contributed by atoms with van der Waals surface area (Å²) in [5.74, 6) is 0. The second kappa shape index (κ2) is 3.21. The van der Waals surface area contributed by atoms with Crippen LogP contribution in [0.4, 0.5) is 0 Å². The molecule has 3 heteroatoms. The van der Waals surface area contributed by atoms with Crippen LogP contribution < -0.4 is 11.1 Å². The van der Waals surface area contributed by atoms with E-state index in [-0.39, 0.29) is 16.6 Å². The Balaban J connectivity index is 2.27. The number of aliphatic hydroxyl groups is 1. The molecule has 2 rings (SSSR count). The van der Waals surface area contributed by atoms with Gasteiger partial charge in [-0.05, 0) is 59.8 Å². The second-order valence-corrected chi connectivity index (χ2v) is 7.29. The Labute approximate surface area is 98.8 Å². The van der Waals surface area contributed by atoms with Crippen molar-refractivity contribution in [1.82, 2.24) is 5.32 Å². The smallest absolute Gasteiger partial charge is 0.0860 e. The van der Waals surface area contributed by atoms with Crippen molar-refractivity contribution in [3.05, 3.63) is 0 Å². The van der Waals surface area contributed by atoms with Gasteiger partial charge in [0.05, 0.1) is 5.60 Å². The molecule has 4 N–H and O–H groups in total. The zero-order valence-corrected chi connectivity index (χ0v) is 11.1. The van der Waals surface area contributed by atoms with Gasteiger partial charge in [-0.15, -0.1) is 0 Å². The standard InChI is InChI=1S/C13H26N2O/c1-10(2)8-13(16,9-11(3,4)15-10)12(14)6-5-7-12/h15-16H,5-9,14H2,1-4H3. The predicted octanol–water partition coefficient (Wildman–Crippen LogP) is 1.54. The molecule has 1 saturated carbocycles. The molecule has 0 bridgehead atoms. The van der Waals surface area contributed by atoms with Gasteiger partial charge in [0.25, 0.3) is 0 Å². The van der Waals surface area contributed by atoms with Crippen LogP contribution in [-0.4, -0.2) is 27.3 Å². The van der Waals surface area contributed by atoms with Crippen molar-refractivity contribution in [2.75, 3.05) is 0 Å². The molecule has 1 aliphatic carbocycles. The predicted molar refractivity (Wildman–Crippen MR) is 66.2 cm³/mol. The van der Waals surface area contributed by atoms with Gasteiger partial charge in [0.2, 0.25) is 0 Å². The Kier molecular flexibility index (Phi) is 2.48. The summed E-state index contributed by atoms with van der Waals surface area (Å²) in [6, 6.07) is 0. The summed E-state index contributed by atoms with van der Waals surface area (Å²) in [7, 11) is 0. The highest BCUT2D eigenvalue weighted by atomic mass is 16.3. The van der Waals surface area contributed by atoms with E-state index in [0.717, 1.165) is 32.1 Å². The molecular weight excluding hydrogens is 200 g/mol. The molecule has 0 aromatic carbocycles. The molecular formula is C13H26N2O. The van der Waals surface area contributed by atoms with Crippen LogP contribution in [0, 0.1) is 0 Å². The van der Waals surface area contributed by atoms with E-state index in [2.05, 4.69) is 33.0 Å². The first-order valence-corrected chi connectivity index (χ1v) is 6.38. The van der Waals surface area contributed by atoms with Gasteiger partial charge in [-0.1, -0.05) is 0 Å². The quantitative estimate of drug-likeness (QED) is 0.635. The summed E-state index contributed by atoms with van der Waals surface area (Å²) >= 11 is 0. The average molecular weight is 226 g/mol. The van der Waals surface area contributed by atoms with Gasteiger partial charge in [-0.3, -0.25) is 0 Å². The maximum Gasteiger partial charge on any atom is 0.0860 e. The highest BCUT2D eigenvalue weighted by Crippen LogP contribution is 2.48. The molecule has 0 unspecified atom stereocenters. The van der Waals surface area contributed by atoms with Gasteiger partial charge >= 0.3 is 0 Å². The van der Waals surface area contributed by atoms with E-state index in [4.69, 9.17) is 5.73 Å². The zero-order valence-electron chi connectivity index (χ0n) is 11.1. The Bertz CT molecular complexity index is 276.